The van der Waals surface area contributed by atoms with Gasteiger partial charge in [-0.1, -0.05) is 23.7 Å². The quantitative estimate of drug-likeness (QED) is 0.875. The van der Waals surface area contributed by atoms with Crippen LogP contribution in [0.4, 0.5) is 10.5 Å². The van der Waals surface area contributed by atoms with Crippen LogP contribution in [0.25, 0.3) is 11.5 Å². The van der Waals surface area contributed by atoms with Crippen LogP contribution in [0.2, 0.25) is 0 Å². The highest BCUT2D eigenvalue weighted by atomic mass is 16.5. The van der Waals surface area contributed by atoms with E-state index in [1.54, 1.807) is 4.90 Å². The minimum atomic E-state index is -0.415. The number of nitrogens with zero attached hydrogens (tertiary/aromatic N) is 4. The minimum Gasteiger partial charge on any atom is -0.351 e. The summed E-state index contributed by atoms with van der Waals surface area (Å²) in [7, 11) is 2.21. The van der Waals surface area contributed by atoms with Gasteiger partial charge in [-0.2, -0.15) is 4.98 Å². The van der Waals surface area contributed by atoms with Crippen LogP contribution in [-0.4, -0.2) is 46.2 Å². The van der Waals surface area contributed by atoms with Gasteiger partial charge in [0, 0.05) is 24.0 Å². The summed E-state index contributed by atoms with van der Waals surface area (Å²) < 4.78 is 5.55. The number of carbonyl (C=O) groups is 1. The number of aromatic nitrogens is 2. The van der Waals surface area contributed by atoms with Gasteiger partial charge < -0.3 is 15.2 Å². The molecule has 2 amide bonds. The molecular weight excluding hydrogens is 354 g/mol. The van der Waals surface area contributed by atoms with E-state index in [1.165, 1.54) is 19.3 Å². The molecule has 2 saturated heterocycles. The van der Waals surface area contributed by atoms with E-state index >= 15 is 0 Å². The molecule has 2 bridgehead atoms. The summed E-state index contributed by atoms with van der Waals surface area (Å²) in [4.78, 5) is 21.4. The molecule has 1 unspecified atom stereocenters. The molecule has 1 aromatic heterocycles. The van der Waals surface area contributed by atoms with Crippen LogP contribution in [0.3, 0.4) is 0 Å². The number of primary amides is 1. The summed E-state index contributed by atoms with van der Waals surface area (Å²) in [5.41, 5.74) is 7.46. The minimum absolute atomic E-state index is 0.0935. The Labute approximate surface area is 164 Å². The molecule has 28 heavy (non-hydrogen) atoms. The maximum Gasteiger partial charge on any atom is 0.319 e. The number of piperidine rings is 2. The van der Waals surface area contributed by atoms with Crippen LogP contribution in [0.15, 0.2) is 28.8 Å². The molecule has 7 nitrogen and oxygen atoms in total. The Balaban J connectivity index is 1.49. The first kappa shape index (κ1) is 17.7. The summed E-state index contributed by atoms with van der Waals surface area (Å²) in [5, 5.41) is 4.14. The zero-order chi connectivity index (χ0) is 19.3. The van der Waals surface area contributed by atoms with Crippen molar-refractivity contribution in [1.29, 1.82) is 0 Å². The Bertz CT molecular complexity index is 863. The summed E-state index contributed by atoms with van der Waals surface area (Å²) >= 11 is 0. The van der Waals surface area contributed by atoms with Crippen LogP contribution in [0, 0.1) is 0 Å². The molecule has 3 aliphatic rings. The molecule has 0 radical (unpaired) electrons. The van der Waals surface area contributed by atoms with Crippen LogP contribution < -0.4 is 10.6 Å². The van der Waals surface area contributed by atoms with E-state index in [2.05, 4.69) is 22.1 Å². The van der Waals surface area contributed by atoms with Gasteiger partial charge in [0.25, 0.3) is 5.89 Å². The summed E-state index contributed by atoms with van der Waals surface area (Å²) in [6.45, 7) is 0. The van der Waals surface area contributed by atoms with Crippen molar-refractivity contribution in [2.75, 3.05) is 11.9 Å². The molecule has 3 heterocycles. The zero-order valence-electron chi connectivity index (χ0n) is 16.3. The van der Waals surface area contributed by atoms with Gasteiger partial charge in [-0.05, 0) is 57.7 Å². The lowest BCUT2D eigenvalue weighted by Gasteiger charge is -2.49. The maximum absolute atomic E-state index is 12.6. The number of fused-ring (bicyclic) bond motifs is 2. The Morgan fingerprint density at radius 3 is 2.57 bits per heavy atom. The number of benzene rings is 1. The standard InChI is InChI=1S/C21H27N5O2/c1-25-14-5-4-6-15(25)12-16(11-14)26(21(22)27)18-8-3-2-7-17(18)20-23-19(24-28-20)13-9-10-13/h2-3,7-8,13-16H,4-6,9-12H2,1H3,(H2,22,27)/t14-,15+,16?. The van der Waals surface area contributed by atoms with Crippen molar-refractivity contribution in [3.8, 4) is 11.5 Å². The van der Waals surface area contributed by atoms with Gasteiger partial charge in [-0.25, -0.2) is 4.79 Å². The average molecular weight is 381 g/mol. The van der Waals surface area contributed by atoms with E-state index in [1.807, 2.05) is 24.3 Å². The number of hydrogen-bond acceptors (Lipinski definition) is 5. The zero-order valence-corrected chi connectivity index (χ0v) is 16.3. The average Bonchev–Trinajstić information content (AvgIpc) is 3.40. The first-order chi connectivity index (χ1) is 13.6. The molecule has 0 spiro atoms. The highest BCUT2D eigenvalue weighted by Gasteiger charge is 2.40. The number of hydrogen-bond donors (Lipinski definition) is 1. The monoisotopic (exact) mass is 381 g/mol. The number of para-hydroxylation sites is 1. The Hall–Kier alpha value is -2.41. The second-order valence-corrected chi connectivity index (χ2v) is 8.49. The molecule has 3 fully saturated rings. The van der Waals surface area contributed by atoms with Gasteiger partial charge in [0.15, 0.2) is 5.82 Å². The number of rotatable bonds is 4. The third-order valence-electron chi connectivity index (χ3n) is 6.70. The smallest absolute Gasteiger partial charge is 0.319 e. The van der Waals surface area contributed by atoms with E-state index in [4.69, 9.17) is 10.3 Å². The topological polar surface area (TPSA) is 88.5 Å². The number of anilines is 1. The second kappa shape index (κ2) is 6.88. The molecule has 148 valence electrons. The van der Waals surface area contributed by atoms with Crippen molar-refractivity contribution in [2.45, 2.75) is 69.0 Å². The van der Waals surface area contributed by atoms with Gasteiger partial charge >= 0.3 is 6.03 Å². The highest BCUT2D eigenvalue weighted by Crippen LogP contribution is 2.41. The Kier molecular flexibility index (Phi) is 4.34. The predicted molar refractivity (Wildman–Crippen MR) is 106 cm³/mol. The van der Waals surface area contributed by atoms with Crippen LogP contribution in [0.1, 0.15) is 56.7 Å². The van der Waals surface area contributed by atoms with Gasteiger partial charge in [0.1, 0.15) is 0 Å². The maximum atomic E-state index is 12.6. The van der Waals surface area contributed by atoms with Gasteiger partial charge in [0.2, 0.25) is 0 Å². The van der Waals surface area contributed by atoms with Gasteiger partial charge in [0.05, 0.1) is 11.3 Å². The SMILES string of the molecule is CN1[C@@H]2CCC[C@H]1CC(N(C(N)=O)c1ccccc1-c1nc(C3CC3)no1)C2. The summed E-state index contributed by atoms with van der Waals surface area (Å²) in [5.74, 6) is 1.66. The van der Waals surface area contributed by atoms with E-state index < -0.39 is 6.03 Å². The fourth-order valence-electron chi connectivity index (χ4n) is 5.01. The van der Waals surface area contributed by atoms with E-state index in [0.717, 1.165) is 42.8 Å². The van der Waals surface area contributed by atoms with Crippen molar-refractivity contribution in [3.63, 3.8) is 0 Å². The lowest BCUT2D eigenvalue weighted by molar-refractivity contribution is 0.0564. The van der Waals surface area contributed by atoms with E-state index in [0.29, 0.717) is 23.9 Å². The number of nitrogens with two attached hydrogens (primary N) is 1. The van der Waals surface area contributed by atoms with Gasteiger partial charge in [-0.3, -0.25) is 4.90 Å². The highest BCUT2D eigenvalue weighted by molar-refractivity contribution is 5.95. The van der Waals surface area contributed by atoms with Crippen molar-refractivity contribution < 1.29 is 9.32 Å². The predicted octanol–water partition coefficient (Wildman–Crippen LogP) is 3.51. The molecule has 1 aliphatic carbocycles. The molecular formula is C21H27N5O2. The molecule has 2 N–H and O–H groups in total. The summed E-state index contributed by atoms with van der Waals surface area (Å²) in [6.07, 6.45) is 7.77. The van der Waals surface area contributed by atoms with Gasteiger partial charge in [-0.15, -0.1) is 0 Å². The summed E-state index contributed by atoms with van der Waals surface area (Å²) in [6, 6.07) is 8.44. The molecule has 5 rings (SSSR count). The fraction of sp³-hybridized carbons (Fsp3) is 0.571. The van der Waals surface area contributed by atoms with E-state index in [9.17, 15) is 4.79 Å². The lowest BCUT2D eigenvalue weighted by Crippen LogP contribution is -2.57. The van der Waals surface area contributed by atoms with Crippen molar-refractivity contribution >= 4 is 11.7 Å². The first-order valence-electron chi connectivity index (χ1n) is 10.4. The van der Waals surface area contributed by atoms with Crippen LogP contribution in [-0.2, 0) is 0 Å². The van der Waals surface area contributed by atoms with Crippen LogP contribution in [0.5, 0.6) is 0 Å². The first-order valence-corrected chi connectivity index (χ1v) is 10.4. The molecule has 2 aromatic rings. The van der Waals surface area contributed by atoms with Crippen molar-refractivity contribution in [1.82, 2.24) is 15.0 Å². The van der Waals surface area contributed by atoms with E-state index in [-0.39, 0.29) is 6.04 Å². The Morgan fingerprint density at radius 1 is 1.18 bits per heavy atom. The van der Waals surface area contributed by atoms with Crippen molar-refractivity contribution in [2.24, 2.45) is 5.73 Å². The lowest BCUT2D eigenvalue weighted by atomic mass is 9.81. The molecule has 7 heteroatoms. The normalized spacial score (nSPS) is 27.5. The van der Waals surface area contributed by atoms with Crippen molar-refractivity contribution in [3.05, 3.63) is 30.1 Å². The third kappa shape index (κ3) is 3.07. The molecule has 1 aromatic carbocycles. The molecule has 2 aliphatic heterocycles. The number of urea groups is 1. The molecule has 3 atom stereocenters. The Morgan fingerprint density at radius 2 is 1.89 bits per heavy atom. The number of carbonyl (C=O) groups excluding carboxylic acids is 1. The number of amides is 2. The molecule has 1 saturated carbocycles. The largest absolute Gasteiger partial charge is 0.351 e. The van der Waals surface area contributed by atoms with Crippen LogP contribution >= 0.6 is 0 Å². The fourth-order valence-corrected chi connectivity index (χ4v) is 5.01. The third-order valence-corrected chi connectivity index (χ3v) is 6.70. The second-order valence-electron chi connectivity index (χ2n) is 8.49.